The molecule has 0 saturated heterocycles. The van der Waals surface area contributed by atoms with Crippen LogP contribution in [0.3, 0.4) is 0 Å². The van der Waals surface area contributed by atoms with Gasteiger partial charge in [0.1, 0.15) is 11.5 Å². The Morgan fingerprint density at radius 1 is 1.21 bits per heavy atom. The molecular formula is C16H21N7O. The highest BCUT2D eigenvalue weighted by atomic mass is 16.2. The van der Waals surface area contributed by atoms with Gasteiger partial charge in [-0.1, -0.05) is 0 Å². The van der Waals surface area contributed by atoms with Crippen molar-refractivity contribution >= 4 is 11.6 Å². The Bertz CT molecular complexity index is 868. The van der Waals surface area contributed by atoms with E-state index in [2.05, 4.69) is 20.1 Å². The van der Waals surface area contributed by atoms with Crippen LogP contribution in [0.2, 0.25) is 0 Å². The van der Waals surface area contributed by atoms with Crippen LogP contribution in [0, 0.1) is 13.8 Å². The maximum atomic E-state index is 12.0. The van der Waals surface area contributed by atoms with Gasteiger partial charge in [-0.3, -0.25) is 9.78 Å². The van der Waals surface area contributed by atoms with E-state index in [1.54, 1.807) is 26.5 Å². The zero-order valence-corrected chi connectivity index (χ0v) is 14.6. The molecule has 0 unspecified atom stereocenters. The highest BCUT2D eigenvalue weighted by Crippen LogP contribution is 2.11. The molecule has 8 nitrogen and oxygen atoms in total. The average Bonchev–Trinajstić information content (AvgIpc) is 3.13. The van der Waals surface area contributed by atoms with Crippen molar-refractivity contribution in [3.05, 3.63) is 41.1 Å². The molecule has 0 aliphatic heterocycles. The standard InChI is InChI=1S/C16H21N7O/c1-10-8-17-11(2)15-19-13(20-23(10)15)6-7-14-18-12(9-22(14)5)16(24)21(3)4/h8-9H,6-7H2,1-5H3. The topological polar surface area (TPSA) is 81.2 Å². The monoisotopic (exact) mass is 327 g/mol. The minimum Gasteiger partial charge on any atom is -0.343 e. The molecule has 0 aliphatic carbocycles. The van der Waals surface area contributed by atoms with E-state index in [9.17, 15) is 4.79 Å². The van der Waals surface area contributed by atoms with Crippen LogP contribution >= 0.6 is 0 Å². The van der Waals surface area contributed by atoms with Crippen LogP contribution in [0.25, 0.3) is 5.65 Å². The fraction of sp³-hybridized carbons (Fsp3) is 0.438. The molecule has 1 amide bonds. The van der Waals surface area contributed by atoms with Gasteiger partial charge in [-0.05, 0) is 13.8 Å². The van der Waals surface area contributed by atoms with E-state index in [1.165, 1.54) is 4.90 Å². The number of carbonyl (C=O) groups is 1. The van der Waals surface area contributed by atoms with Crippen LogP contribution in [0.1, 0.15) is 33.5 Å². The van der Waals surface area contributed by atoms with Gasteiger partial charge in [0, 0.05) is 46.4 Å². The summed E-state index contributed by atoms with van der Waals surface area (Å²) in [5, 5.41) is 4.54. The zero-order chi connectivity index (χ0) is 17.4. The Morgan fingerprint density at radius 2 is 1.96 bits per heavy atom. The van der Waals surface area contributed by atoms with E-state index < -0.39 is 0 Å². The minimum absolute atomic E-state index is 0.0972. The average molecular weight is 327 g/mol. The van der Waals surface area contributed by atoms with Crippen molar-refractivity contribution in [3.8, 4) is 0 Å². The van der Waals surface area contributed by atoms with Crippen molar-refractivity contribution in [1.29, 1.82) is 0 Å². The summed E-state index contributed by atoms with van der Waals surface area (Å²) in [7, 11) is 5.33. The lowest BCUT2D eigenvalue weighted by molar-refractivity contribution is 0.0822. The van der Waals surface area contributed by atoms with Crippen LogP contribution in [0.15, 0.2) is 12.4 Å². The molecule has 0 spiro atoms. The number of rotatable bonds is 4. The second-order valence-corrected chi connectivity index (χ2v) is 6.10. The molecule has 0 aliphatic rings. The van der Waals surface area contributed by atoms with Crippen molar-refractivity contribution in [1.82, 2.24) is 34.0 Å². The molecule has 3 heterocycles. The molecule has 0 radical (unpaired) electrons. The van der Waals surface area contributed by atoms with Gasteiger partial charge >= 0.3 is 0 Å². The highest BCUT2D eigenvalue weighted by molar-refractivity contribution is 5.91. The molecule has 0 atom stereocenters. The Morgan fingerprint density at radius 3 is 2.62 bits per heavy atom. The summed E-state index contributed by atoms with van der Waals surface area (Å²) >= 11 is 0. The van der Waals surface area contributed by atoms with Gasteiger partial charge in [0.15, 0.2) is 11.5 Å². The molecule has 0 aromatic carbocycles. The predicted octanol–water partition coefficient (Wildman–Crippen LogP) is 0.962. The zero-order valence-electron chi connectivity index (χ0n) is 14.6. The van der Waals surface area contributed by atoms with Crippen molar-refractivity contribution in [2.45, 2.75) is 26.7 Å². The van der Waals surface area contributed by atoms with Crippen LogP contribution in [0.4, 0.5) is 0 Å². The quantitative estimate of drug-likeness (QED) is 0.713. The molecule has 3 aromatic rings. The lowest BCUT2D eigenvalue weighted by Crippen LogP contribution is -2.22. The smallest absolute Gasteiger partial charge is 0.273 e. The third-order valence-corrected chi connectivity index (χ3v) is 3.92. The molecule has 0 fully saturated rings. The van der Waals surface area contributed by atoms with E-state index in [4.69, 9.17) is 0 Å². The Hall–Kier alpha value is -2.77. The fourth-order valence-corrected chi connectivity index (χ4v) is 2.54. The van der Waals surface area contributed by atoms with Gasteiger partial charge in [0.25, 0.3) is 5.91 Å². The maximum absolute atomic E-state index is 12.0. The summed E-state index contributed by atoms with van der Waals surface area (Å²) in [4.78, 5) is 26.8. The molecule has 0 N–H and O–H groups in total. The molecule has 126 valence electrons. The highest BCUT2D eigenvalue weighted by Gasteiger charge is 2.15. The summed E-state index contributed by atoms with van der Waals surface area (Å²) in [6.07, 6.45) is 4.87. The number of hydrogen-bond donors (Lipinski definition) is 0. The number of fused-ring (bicyclic) bond motifs is 1. The minimum atomic E-state index is -0.0972. The number of aromatic nitrogens is 6. The number of amides is 1. The number of hydrogen-bond acceptors (Lipinski definition) is 5. The fourth-order valence-electron chi connectivity index (χ4n) is 2.54. The van der Waals surface area contributed by atoms with Gasteiger partial charge in [-0.15, -0.1) is 0 Å². The second kappa shape index (κ2) is 6.03. The molecule has 3 aromatic heterocycles. The van der Waals surface area contributed by atoms with E-state index in [-0.39, 0.29) is 5.91 Å². The molecule has 0 saturated carbocycles. The first-order chi connectivity index (χ1) is 11.4. The van der Waals surface area contributed by atoms with Crippen LogP contribution in [-0.2, 0) is 19.9 Å². The van der Waals surface area contributed by atoms with Gasteiger partial charge < -0.3 is 9.47 Å². The SMILES string of the molecule is Cc1ncc(C)n2nc(CCc3nc(C(=O)N(C)C)cn3C)nc12. The Balaban J connectivity index is 1.80. The van der Waals surface area contributed by atoms with Crippen LogP contribution < -0.4 is 0 Å². The first-order valence-corrected chi connectivity index (χ1v) is 7.78. The van der Waals surface area contributed by atoms with Crippen molar-refractivity contribution in [2.24, 2.45) is 7.05 Å². The van der Waals surface area contributed by atoms with Gasteiger partial charge in [0.2, 0.25) is 0 Å². The second-order valence-electron chi connectivity index (χ2n) is 6.10. The Labute approximate surface area is 140 Å². The van der Waals surface area contributed by atoms with Crippen molar-refractivity contribution < 1.29 is 4.79 Å². The van der Waals surface area contributed by atoms with E-state index in [1.807, 2.05) is 30.0 Å². The first kappa shape index (κ1) is 16.1. The van der Waals surface area contributed by atoms with Crippen LogP contribution in [0.5, 0.6) is 0 Å². The molecule has 24 heavy (non-hydrogen) atoms. The van der Waals surface area contributed by atoms with Gasteiger partial charge in [0.05, 0.1) is 11.4 Å². The summed E-state index contributed by atoms with van der Waals surface area (Å²) in [6.45, 7) is 3.88. The normalized spacial score (nSPS) is 11.2. The number of imidazole rings is 1. The van der Waals surface area contributed by atoms with E-state index >= 15 is 0 Å². The summed E-state index contributed by atoms with van der Waals surface area (Å²) in [6, 6.07) is 0. The van der Waals surface area contributed by atoms with Crippen molar-refractivity contribution in [2.75, 3.05) is 14.1 Å². The maximum Gasteiger partial charge on any atom is 0.273 e. The number of nitrogens with zero attached hydrogens (tertiary/aromatic N) is 7. The number of aryl methyl sites for hydroxylation is 5. The lowest BCUT2D eigenvalue weighted by atomic mass is 10.3. The van der Waals surface area contributed by atoms with E-state index in [0.29, 0.717) is 18.5 Å². The Kier molecular flexibility index (Phi) is 4.04. The summed E-state index contributed by atoms with van der Waals surface area (Å²) in [5.41, 5.74) is 3.05. The first-order valence-electron chi connectivity index (χ1n) is 7.78. The van der Waals surface area contributed by atoms with Gasteiger partial charge in [-0.2, -0.15) is 5.10 Å². The van der Waals surface area contributed by atoms with Crippen molar-refractivity contribution in [3.63, 3.8) is 0 Å². The predicted molar refractivity (Wildman–Crippen MR) is 88.9 cm³/mol. The lowest BCUT2D eigenvalue weighted by Gasteiger charge is -2.06. The van der Waals surface area contributed by atoms with E-state index in [0.717, 1.165) is 28.7 Å². The van der Waals surface area contributed by atoms with Crippen LogP contribution in [-0.4, -0.2) is 54.0 Å². The molecule has 8 heteroatoms. The molecular weight excluding hydrogens is 306 g/mol. The molecule has 0 bridgehead atoms. The summed E-state index contributed by atoms with van der Waals surface area (Å²) in [5.74, 6) is 1.49. The molecule has 3 rings (SSSR count). The number of carbonyl (C=O) groups excluding carboxylic acids is 1. The summed E-state index contributed by atoms with van der Waals surface area (Å²) < 4.78 is 3.70. The van der Waals surface area contributed by atoms with Gasteiger partial charge in [-0.25, -0.2) is 14.5 Å². The third kappa shape index (κ3) is 2.86. The largest absolute Gasteiger partial charge is 0.343 e. The third-order valence-electron chi connectivity index (χ3n) is 3.92.